The van der Waals surface area contributed by atoms with Crippen LogP contribution >= 0.6 is 35.0 Å². The number of amides is 1. The second kappa shape index (κ2) is 11.0. The van der Waals surface area contributed by atoms with Gasteiger partial charge in [-0.25, -0.2) is 9.69 Å². The van der Waals surface area contributed by atoms with Crippen molar-refractivity contribution >= 4 is 45.8 Å². The van der Waals surface area contributed by atoms with Crippen LogP contribution in [0.15, 0.2) is 24.3 Å². The van der Waals surface area contributed by atoms with Crippen molar-refractivity contribution in [2.24, 2.45) is 0 Å². The number of nitrogens with one attached hydrogen (secondary N) is 1. The predicted molar refractivity (Wildman–Crippen MR) is 135 cm³/mol. The Balaban J connectivity index is 1.74. The van der Waals surface area contributed by atoms with Crippen LogP contribution in [0.4, 0.5) is 0 Å². The zero-order valence-corrected chi connectivity index (χ0v) is 20.9. The first-order valence-corrected chi connectivity index (χ1v) is 13.0. The molecule has 174 valence electrons. The molecule has 2 aliphatic heterocycles. The molecule has 0 aliphatic carbocycles. The van der Waals surface area contributed by atoms with Crippen molar-refractivity contribution in [1.82, 2.24) is 20.2 Å². The molecule has 2 aromatic rings. The molecule has 3 heterocycles. The van der Waals surface area contributed by atoms with Gasteiger partial charge < -0.3 is 0 Å². The number of piperidine rings is 1. The Morgan fingerprint density at radius 3 is 2.79 bits per heavy atom. The lowest BCUT2D eigenvalue weighted by molar-refractivity contribution is 0.0743. The van der Waals surface area contributed by atoms with E-state index in [1.165, 1.54) is 6.42 Å². The molecule has 1 amide bonds. The second-order valence-electron chi connectivity index (χ2n) is 8.27. The highest BCUT2D eigenvalue weighted by atomic mass is 35.5. The Hall–Kier alpha value is -1.98. The van der Waals surface area contributed by atoms with Crippen molar-refractivity contribution < 1.29 is 4.79 Å². The van der Waals surface area contributed by atoms with Gasteiger partial charge in [0, 0.05) is 40.3 Å². The number of rotatable bonds is 7. The lowest BCUT2D eigenvalue weighted by Gasteiger charge is -2.26. The summed E-state index contributed by atoms with van der Waals surface area (Å²) in [5.74, 6) is -0.191. The summed E-state index contributed by atoms with van der Waals surface area (Å²) >= 11 is 14.4. The van der Waals surface area contributed by atoms with Crippen LogP contribution < -0.4 is 5.43 Å². The smallest absolute Gasteiger partial charge is 0.283 e. The Morgan fingerprint density at radius 2 is 2.09 bits per heavy atom. The van der Waals surface area contributed by atoms with Crippen molar-refractivity contribution in [2.45, 2.75) is 57.1 Å². The maximum absolute atomic E-state index is 13.3. The number of halogens is 2. The van der Waals surface area contributed by atoms with Crippen molar-refractivity contribution in [3.63, 3.8) is 0 Å². The van der Waals surface area contributed by atoms with E-state index in [0.29, 0.717) is 39.5 Å². The maximum atomic E-state index is 13.3. The molecule has 0 radical (unpaired) electrons. The molecule has 1 aromatic carbocycles. The molecule has 1 saturated heterocycles. The molecule has 6 nitrogen and oxygen atoms in total. The summed E-state index contributed by atoms with van der Waals surface area (Å²) in [6.45, 7) is 3.75. The first kappa shape index (κ1) is 24.2. The van der Waals surface area contributed by atoms with Gasteiger partial charge in [0.15, 0.2) is 5.69 Å². The van der Waals surface area contributed by atoms with Crippen LogP contribution in [0.5, 0.6) is 0 Å². The molecular formula is C24H27Cl2N5OS. The Kier molecular flexibility index (Phi) is 8.02. The van der Waals surface area contributed by atoms with Gasteiger partial charge in [0.1, 0.15) is 0 Å². The highest BCUT2D eigenvalue weighted by Gasteiger charge is 2.30. The standard InChI is InChI=1S/C24H27Cl2N5OS/c1-2-18-22(24(32)29-30-13-4-3-5-14-30)28-31(20-10-8-16(25)15-19(20)26)23(18)21-11-9-17(33-21)7-6-12-27/h8,10-11,15,17H,2-7,9,13-14H2,1H3,(H,29,32). The number of nitriles is 1. The average Bonchev–Trinajstić information content (AvgIpc) is 3.42. The summed E-state index contributed by atoms with van der Waals surface area (Å²) in [5, 5.41) is 17.1. The molecule has 1 atom stereocenters. The van der Waals surface area contributed by atoms with Gasteiger partial charge in [0.05, 0.1) is 22.5 Å². The Morgan fingerprint density at radius 1 is 1.30 bits per heavy atom. The quantitative estimate of drug-likeness (QED) is 0.499. The van der Waals surface area contributed by atoms with Crippen LogP contribution in [-0.2, 0) is 6.42 Å². The van der Waals surface area contributed by atoms with Gasteiger partial charge >= 0.3 is 0 Å². The summed E-state index contributed by atoms with van der Waals surface area (Å²) in [7, 11) is 0. The minimum atomic E-state index is -0.191. The Labute approximate surface area is 208 Å². The third-order valence-electron chi connectivity index (χ3n) is 5.98. The minimum Gasteiger partial charge on any atom is -0.283 e. The second-order valence-corrected chi connectivity index (χ2v) is 10.5. The molecule has 1 aromatic heterocycles. The fourth-order valence-corrected chi connectivity index (χ4v) is 6.11. The van der Waals surface area contributed by atoms with Crippen LogP contribution in [0.2, 0.25) is 10.0 Å². The molecule has 1 fully saturated rings. The number of nitrogens with zero attached hydrogens (tertiary/aromatic N) is 4. The third kappa shape index (κ3) is 5.41. The number of hydrogen-bond donors (Lipinski definition) is 1. The molecule has 1 unspecified atom stereocenters. The summed E-state index contributed by atoms with van der Waals surface area (Å²) < 4.78 is 1.79. The number of carbonyl (C=O) groups excluding carboxylic acids is 1. The average molecular weight is 504 g/mol. The van der Waals surface area contributed by atoms with Crippen molar-refractivity contribution in [2.75, 3.05) is 13.1 Å². The SMILES string of the molecule is CCc1c(C(=O)NN2CCCCC2)nn(-c2ccc(Cl)cc2Cl)c1C1=CCC(CCC#N)S1. The zero-order chi connectivity index (χ0) is 23.4. The fraction of sp³-hybridized carbons (Fsp3) is 0.458. The normalized spacial score (nSPS) is 18.7. The lowest BCUT2D eigenvalue weighted by Crippen LogP contribution is -2.45. The number of benzene rings is 1. The summed E-state index contributed by atoms with van der Waals surface area (Å²) in [6, 6.07) is 7.54. The van der Waals surface area contributed by atoms with Gasteiger partial charge in [-0.2, -0.15) is 10.4 Å². The van der Waals surface area contributed by atoms with E-state index in [4.69, 9.17) is 33.6 Å². The summed E-state index contributed by atoms with van der Waals surface area (Å²) in [5.41, 5.74) is 5.96. The number of hydrazine groups is 1. The molecule has 0 bridgehead atoms. The zero-order valence-electron chi connectivity index (χ0n) is 18.6. The largest absolute Gasteiger partial charge is 0.286 e. The van der Waals surface area contributed by atoms with E-state index in [1.807, 2.05) is 18.0 Å². The topological polar surface area (TPSA) is 74.0 Å². The highest BCUT2D eigenvalue weighted by molar-refractivity contribution is 8.09. The van der Waals surface area contributed by atoms with E-state index in [-0.39, 0.29) is 5.91 Å². The molecule has 0 saturated carbocycles. The first-order valence-electron chi connectivity index (χ1n) is 11.4. The molecule has 1 N–H and O–H groups in total. The minimum absolute atomic E-state index is 0.191. The van der Waals surface area contributed by atoms with Crippen LogP contribution in [0, 0.1) is 11.3 Å². The molecule has 9 heteroatoms. The van der Waals surface area contributed by atoms with Gasteiger partial charge in [-0.3, -0.25) is 10.2 Å². The van der Waals surface area contributed by atoms with Crippen LogP contribution in [0.3, 0.4) is 0 Å². The summed E-state index contributed by atoms with van der Waals surface area (Å²) in [4.78, 5) is 14.4. The van der Waals surface area contributed by atoms with Gasteiger partial charge in [-0.15, -0.1) is 11.8 Å². The molecule has 33 heavy (non-hydrogen) atoms. The van der Waals surface area contributed by atoms with Gasteiger partial charge in [-0.05, 0) is 50.3 Å². The summed E-state index contributed by atoms with van der Waals surface area (Å²) in [6.07, 6.45) is 8.45. The number of carbonyl (C=O) groups is 1. The highest BCUT2D eigenvalue weighted by Crippen LogP contribution is 2.44. The van der Waals surface area contributed by atoms with Gasteiger partial charge in [-0.1, -0.05) is 42.6 Å². The van der Waals surface area contributed by atoms with E-state index in [9.17, 15) is 4.79 Å². The lowest BCUT2D eigenvalue weighted by atomic mass is 10.1. The van der Waals surface area contributed by atoms with Crippen molar-refractivity contribution in [3.05, 3.63) is 51.3 Å². The number of allylic oxidation sites excluding steroid dienone is 1. The van der Waals surface area contributed by atoms with Crippen LogP contribution in [-0.4, -0.2) is 39.0 Å². The van der Waals surface area contributed by atoms with E-state index in [2.05, 4.69) is 17.6 Å². The number of thioether (sulfide) groups is 1. The number of aromatic nitrogens is 2. The molecular weight excluding hydrogens is 477 g/mol. The monoisotopic (exact) mass is 503 g/mol. The van der Waals surface area contributed by atoms with Crippen LogP contribution in [0.1, 0.15) is 67.2 Å². The van der Waals surface area contributed by atoms with E-state index < -0.39 is 0 Å². The van der Waals surface area contributed by atoms with Gasteiger partial charge in [0.25, 0.3) is 5.91 Å². The maximum Gasteiger partial charge on any atom is 0.286 e. The fourth-order valence-electron chi connectivity index (χ4n) is 4.32. The molecule has 0 spiro atoms. The molecule has 2 aliphatic rings. The van der Waals surface area contributed by atoms with Crippen molar-refractivity contribution in [3.8, 4) is 11.8 Å². The van der Waals surface area contributed by atoms with E-state index in [0.717, 1.165) is 54.9 Å². The van der Waals surface area contributed by atoms with Gasteiger partial charge in [0.2, 0.25) is 0 Å². The van der Waals surface area contributed by atoms with Crippen LogP contribution in [0.25, 0.3) is 10.6 Å². The first-order chi connectivity index (χ1) is 16.0. The van der Waals surface area contributed by atoms with E-state index in [1.54, 1.807) is 28.6 Å². The molecule has 4 rings (SSSR count). The Bertz CT molecular complexity index is 1100. The number of hydrogen-bond acceptors (Lipinski definition) is 5. The third-order valence-corrected chi connectivity index (χ3v) is 7.89. The van der Waals surface area contributed by atoms with Crippen molar-refractivity contribution in [1.29, 1.82) is 5.26 Å². The predicted octanol–water partition coefficient (Wildman–Crippen LogP) is 6.02. The van der Waals surface area contributed by atoms with E-state index >= 15 is 0 Å².